The average molecular weight is 525 g/mol. The molecule has 1 aromatic rings. The molecule has 0 aliphatic carbocycles. The fourth-order valence-electron chi connectivity index (χ4n) is 3.74. The summed E-state index contributed by atoms with van der Waals surface area (Å²) in [7, 11) is 0. The van der Waals surface area contributed by atoms with Crippen molar-refractivity contribution in [3.05, 3.63) is 18.2 Å². The smallest absolute Gasteiger partial charge is 0.326 e. The Morgan fingerprint density at radius 3 is 2.00 bits per heavy atom. The van der Waals surface area contributed by atoms with Crippen LogP contribution in [0.4, 0.5) is 0 Å². The van der Waals surface area contributed by atoms with Crippen molar-refractivity contribution < 1.29 is 24.3 Å². The number of aromatic nitrogens is 2. The zero-order valence-corrected chi connectivity index (χ0v) is 21.9. The second-order valence-electron chi connectivity index (χ2n) is 9.61. The Labute approximate surface area is 218 Å². The maximum absolute atomic E-state index is 13.3. The van der Waals surface area contributed by atoms with Gasteiger partial charge in [0, 0.05) is 18.3 Å². The number of rotatable bonds is 19. The van der Waals surface area contributed by atoms with Crippen molar-refractivity contribution in [3.8, 4) is 0 Å². The van der Waals surface area contributed by atoms with Gasteiger partial charge in [0.25, 0.3) is 0 Å². The molecule has 11 N–H and O–H groups in total. The topological polar surface area (TPSA) is 231 Å². The summed E-state index contributed by atoms with van der Waals surface area (Å²) in [6.07, 6.45) is 6.54. The summed E-state index contributed by atoms with van der Waals surface area (Å²) in [5.41, 5.74) is 17.5. The van der Waals surface area contributed by atoms with Gasteiger partial charge in [-0.25, -0.2) is 9.78 Å². The molecule has 13 heteroatoms. The van der Waals surface area contributed by atoms with Crippen LogP contribution in [0, 0.1) is 5.92 Å². The number of nitrogens with two attached hydrogens (primary N) is 3. The predicted octanol–water partition coefficient (Wildman–Crippen LogP) is -0.877. The minimum atomic E-state index is -1.18. The van der Waals surface area contributed by atoms with Crippen molar-refractivity contribution >= 4 is 23.7 Å². The molecule has 3 amide bonds. The lowest BCUT2D eigenvalue weighted by Crippen LogP contribution is -2.57. The standard InChI is InChI=1S/C24H44N8O5/c1-15(2)11-19(31-21(33)17(27)7-3-5-9-25)22(34)32-20(12-16-13-28-14-29-16)23(35)30-18(24(36)37)8-4-6-10-26/h13-15,17-20H,3-12,25-27H2,1-2H3,(H,28,29)(H,30,35)(H,31,33)(H,32,34)(H,36,37). The molecule has 0 saturated heterocycles. The van der Waals surface area contributed by atoms with E-state index in [2.05, 4.69) is 25.9 Å². The number of hydrogen-bond donors (Lipinski definition) is 8. The number of nitrogens with zero attached hydrogens (tertiary/aromatic N) is 1. The molecule has 0 aromatic carbocycles. The SMILES string of the molecule is CC(C)CC(NC(=O)C(N)CCCCN)C(=O)NC(Cc1cnc[nH]1)C(=O)NC(CCCCN)C(=O)O. The van der Waals surface area contributed by atoms with Crippen LogP contribution < -0.4 is 33.2 Å². The molecule has 0 bridgehead atoms. The Morgan fingerprint density at radius 2 is 1.46 bits per heavy atom. The van der Waals surface area contributed by atoms with E-state index < -0.39 is 47.9 Å². The lowest BCUT2D eigenvalue weighted by atomic mass is 10.0. The zero-order valence-electron chi connectivity index (χ0n) is 21.9. The number of H-pyrrole nitrogens is 1. The van der Waals surface area contributed by atoms with Crippen molar-refractivity contribution in [1.29, 1.82) is 0 Å². The van der Waals surface area contributed by atoms with Gasteiger partial charge >= 0.3 is 5.97 Å². The van der Waals surface area contributed by atoms with Gasteiger partial charge in [0.1, 0.15) is 18.1 Å². The zero-order chi connectivity index (χ0) is 27.8. The Hall–Kier alpha value is -3.03. The quantitative estimate of drug-likeness (QED) is 0.105. The van der Waals surface area contributed by atoms with Gasteiger partial charge in [-0.05, 0) is 57.5 Å². The van der Waals surface area contributed by atoms with Crippen molar-refractivity contribution in [2.45, 2.75) is 89.4 Å². The molecule has 1 aromatic heterocycles. The third-order valence-corrected chi connectivity index (χ3v) is 5.82. The molecule has 13 nitrogen and oxygen atoms in total. The highest BCUT2D eigenvalue weighted by Crippen LogP contribution is 2.09. The first-order valence-corrected chi connectivity index (χ1v) is 12.9. The minimum Gasteiger partial charge on any atom is -0.480 e. The number of unbranched alkanes of at least 4 members (excludes halogenated alkanes) is 2. The molecule has 0 aliphatic heterocycles. The molecular formula is C24H44N8O5. The first kappa shape index (κ1) is 32.0. The van der Waals surface area contributed by atoms with Crippen molar-refractivity contribution in [2.75, 3.05) is 13.1 Å². The van der Waals surface area contributed by atoms with Gasteiger partial charge in [-0.3, -0.25) is 14.4 Å². The van der Waals surface area contributed by atoms with Crippen molar-refractivity contribution in [3.63, 3.8) is 0 Å². The van der Waals surface area contributed by atoms with Gasteiger partial charge in [-0.1, -0.05) is 20.3 Å². The lowest BCUT2D eigenvalue weighted by molar-refractivity contribution is -0.142. The molecule has 0 saturated carbocycles. The van der Waals surface area contributed by atoms with Crippen LogP contribution in [0.25, 0.3) is 0 Å². The van der Waals surface area contributed by atoms with Gasteiger partial charge in [-0.2, -0.15) is 0 Å². The Morgan fingerprint density at radius 1 is 0.892 bits per heavy atom. The number of carboxylic acid groups (broad SMARTS) is 1. The minimum absolute atomic E-state index is 0.0493. The van der Waals surface area contributed by atoms with E-state index in [-0.39, 0.29) is 18.8 Å². The third kappa shape index (κ3) is 12.7. The van der Waals surface area contributed by atoms with Gasteiger partial charge in [0.2, 0.25) is 17.7 Å². The van der Waals surface area contributed by atoms with E-state index in [4.69, 9.17) is 17.2 Å². The molecule has 0 fully saturated rings. The lowest BCUT2D eigenvalue weighted by Gasteiger charge is -2.26. The van der Waals surface area contributed by atoms with E-state index in [1.54, 1.807) is 0 Å². The van der Waals surface area contributed by atoms with E-state index in [9.17, 15) is 24.3 Å². The highest BCUT2D eigenvalue weighted by atomic mass is 16.4. The largest absolute Gasteiger partial charge is 0.480 e. The maximum atomic E-state index is 13.3. The molecule has 210 valence electrons. The summed E-state index contributed by atoms with van der Waals surface area (Å²) in [6.45, 7) is 4.73. The van der Waals surface area contributed by atoms with Gasteiger partial charge < -0.3 is 43.2 Å². The van der Waals surface area contributed by atoms with Gasteiger partial charge in [-0.15, -0.1) is 0 Å². The highest BCUT2D eigenvalue weighted by Gasteiger charge is 2.31. The maximum Gasteiger partial charge on any atom is 0.326 e. The van der Waals surface area contributed by atoms with Crippen LogP contribution in [0.5, 0.6) is 0 Å². The second-order valence-corrected chi connectivity index (χ2v) is 9.61. The third-order valence-electron chi connectivity index (χ3n) is 5.82. The molecule has 1 rings (SSSR count). The summed E-state index contributed by atoms with van der Waals surface area (Å²) in [5.74, 6) is -2.80. The first-order chi connectivity index (χ1) is 17.6. The molecule has 0 spiro atoms. The van der Waals surface area contributed by atoms with E-state index in [1.165, 1.54) is 12.5 Å². The summed E-state index contributed by atoms with van der Waals surface area (Å²) >= 11 is 0. The fraction of sp³-hybridized carbons (Fsp3) is 0.708. The van der Waals surface area contributed by atoms with Crippen molar-refractivity contribution in [1.82, 2.24) is 25.9 Å². The van der Waals surface area contributed by atoms with Crippen molar-refractivity contribution in [2.24, 2.45) is 23.1 Å². The van der Waals surface area contributed by atoms with Crippen LogP contribution in [0.2, 0.25) is 0 Å². The monoisotopic (exact) mass is 524 g/mol. The molecule has 4 atom stereocenters. The molecule has 37 heavy (non-hydrogen) atoms. The van der Waals surface area contributed by atoms with Crippen LogP contribution in [0.15, 0.2) is 12.5 Å². The van der Waals surface area contributed by atoms with E-state index >= 15 is 0 Å². The number of nitrogens with one attached hydrogen (secondary N) is 4. The molecule has 0 radical (unpaired) electrons. The molecule has 4 unspecified atom stereocenters. The van der Waals surface area contributed by atoms with Crippen LogP contribution in [-0.4, -0.2) is 76.0 Å². The van der Waals surface area contributed by atoms with Gasteiger partial charge in [0.05, 0.1) is 12.4 Å². The van der Waals surface area contributed by atoms with Crippen LogP contribution in [-0.2, 0) is 25.6 Å². The average Bonchev–Trinajstić information content (AvgIpc) is 3.35. The molecule has 0 aliphatic rings. The summed E-state index contributed by atoms with van der Waals surface area (Å²) < 4.78 is 0. The van der Waals surface area contributed by atoms with Crippen LogP contribution >= 0.6 is 0 Å². The van der Waals surface area contributed by atoms with Crippen LogP contribution in [0.1, 0.15) is 64.5 Å². The number of carboxylic acids is 1. The number of imidazole rings is 1. The fourth-order valence-corrected chi connectivity index (χ4v) is 3.74. The number of carbonyl (C=O) groups is 4. The predicted molar refractivity (Wildman–Crippen MR) is 139 cm³/mol. The number of carbonyl (C=O) groups excluding carboxylic acids is 3. The normalized spacial score (nSPS) is 14.4. The Balaban J connectivity index is 2.99. The Bertz CT molecular complexity index is 833. The molecule has 1 heterocycles. The van der Waals surface area contributed by atoms with E-state index in [0.29, 0.717) is 50.9 Å². The van der Waals surface area contributed by atoms with Crippen LogP contribution in [0.3, 0.4) is 0 Å². The highest BCUT2D eigenvalue weighted by molar-refractivity contribution is 5.94. The number of aromatic amines is 1. The number of aliphatic carboxylic acids is 1. The Kier molecular flexibility index (Phi) is 15.1. The second kappa shape index (κ2) is 17.4. The number of hydrogen-bond acceptors (Lipinski definition) is 8. The molecular weight excluding hydrogens is 480 g/mol. The first-order valence-electron chi connectivity index (χ1n) is 12.9. The van der Waals surface area contributed by atoms with E-state index in [0.717, 1.165) is 6.42 Å². The summed E-state index contributed by atoms with van der Waals surface area (Å²) in [4.78, 5) is 57.5. The summed E-state index contributed by atoms with van der Waals surface area (Å²) in [6, 6.07) is -3.94. The number of amides is 3. The van der Waals surface area contributed by atoms with E-state index in [1.807, 2.05) is 13.8 Å². The summed E-state index contributed by atoms with van der Waals surface area (Å²) in [5, 5.41) is 17.4. The van der Waals surface area contributed by atoms with Gasteiger partial charge in [0.15, 0.2) is 0 Å².